The van der Waals surface area contributed by atoms with Gasteiger partial charge in [0.1, 0.15) is 18.1 Å². The van der Waals surface area contributed by atoms with E-state index < -0.39 is 64.6 Å². The minimum Gasteiger partial charge on any atom is -0.429 e. The number of hydrogen-bond acceptors (Lipinski definition) is 13. The lowest BCUT2D eigenvalue weighted by Gasteiger charge is -2.29. The van der Waals surface area contributed by atoms with Crippen molar-refractivity contribution in [3.8, 4) is 5.75 Å². The Morgan fingerprint density at radius 3 is 2.00 bits per heavy atom. The maximum atomic E-state index is 13.7. The van der Waals surface area contributed by atoms with E-state index >= 15 is 0 Å². The van der Waals surface area contributed by atoms with Crippen molar-refractivity contribution in [3.05, 3.63) is 94.1 Å². The number of Topliss-reactive ketones (excluding diaryl/α,β-unsaturated/α-hetero) is 2. The molecule has 19 nitrogen and oxygen atoms in total. The quantitative estimate of drug-likeness (QED) is 0.0386. The molecule has 0 saturated heterocycles. The Labute approximate surface area is 338 Å². The van der Waals surface area contributed by atoms with Crippen LogP contribution in [0.25, 0.3) is 0 Å². The van der Waals surface area contributed by atoms with Crippen LogP contribution >= 0.6 is 0 Å². The number of nitrogens with zero attached hydrogens (tertiary/aromatic N) is 3. The van der Waals surface area contributed by atoms with Gasteiger partial charge in [-0.2, -0.15) is 0 Å². The molecule has 4 N–H and O–H groups in total. The van der Waals surface area contributed by atoms with Crippen molar-refractivity contribution in [1.82, 2.24) is 20.4 Å². The van der Waals surface area contributed by atoms with Crippen molar-refractivity contribution in [2.45, 2.75) is 71.1 Å². The molecule has 4 rings (SSSR count). The van der Waals surface area contributed by atoms with E-state index in [9.17, 15) is 53.3 Å². The number of imide groups is 2. The lowest BCUT2D eigenvalue weighted by molar-refractivity contribution is -0.384. The SMILES string of the molecule is CC(C)[C@H](CC(=O)CCC(CN1C(=O)C=CC1=O)N1C(=O)C=CC1=O)C(=O)N[C@@H](CCCNC(N)=O)C(=O)Cc1ccc(COC(=O)Oc2ccc([N+](=O)[O-])cc2)cc1. The molecule has 7 amide bonds. The summed E-state index contributed by atoms with van der Waals surface area (Å²) in [5, 5.41) is 16.0. The Kier molecular flexibility index (Phi) is 15.8. The van der Waals surface area contributed by atoms with E-state index in [0.717, 1.165) is 34.1 Å². The molecule has 0 spiro atoms. The predicted molar refractivity (Wildman–Crippen MR) is 206 cm³/mol. The molecule has 2 aliphatic rings. The van der Waals surface area contributed by atoms with Gasteiger partial charge in [-0.1, -0.05) is 38.1 Å². The normalized spacial score (nSPS) is 15.0. The zero-order valence-corrected chi connectivity index (χ0v) is 32.3. The molecule has 2 aliphatic heterocycles. The summed E-state index contributed by atoms with van der Waals surface area (Å²) in [5.74, 6) is -5.03. The first-order valence-corrected chi connectivity index (χ1v) is 18.7. The first kappa shape index (κ1) is 44.7. The molecule has 0 aliphatic carbocycles. The largest absolute Gasteiger partial charge is 0.514 e. The molecule has 59 heavy (non-hydrogen) atoms. The number of benzene rings is 2. The van der Waals surface area contributed by atoms with Crippen molar-refractivity contribution in [1.29, 1.82) is 0 Å². The van der Waals surface area contributed by atoms with E-state index in [1.165, 1.54) is 24.3 Å². The Morgan fingerprint density at radius 1 is 0.831 bits per heavy atom. The van der Waals surface area contributed by atoms with Gasteiger partial charge in [-0.05, 0) is 48.4 Å². The van der Waals surface area contributed by atoms with Gasteiger partial charge in [0.2, 0.25) is 5.91 Å². The third kappa shape index (κ3) is 13.3. The number of hydrogen-bond donors (Lipinski definition) is 3. The average Bonchev–Trinajstić information content (AvgIpc) is 3.69. The van der Waals surface area contributed by atoms with Gasteiger partial charge in [-0.15, -0.1) is 0 Å². The van der Waals surface area contributed by atoms with Crippen molar-refractivity contribution in [2.75, 3.05) is 13.1 Å². The lowest BCUT2D eigenvalue weighted by Crippen LogP contribution is -2.48. The fourth-order valence-electron chi connectivity index (χ4n) is 6.29. The smallest absolute Gasteiger partial charge is 0.429 e. The molecule has 19 heteroatoms. The summed E-state index contributed by atoms with van der Waals surface area (Å²) < 4.78 is 10.1. The molecule has 0 aromatic heterocycles. The topological polar surface area (TPSA) is 272 Å². The van der Waals surface area contributed by atoms with Crippen molar-refractivity contribution >= 4 is 59.0 Å². The van der Waals surface area contributed by atoms with E-state index in [1.54, 1.807) is 38.1 Å². The molecule has 1 unspecified atom stereocenters. The monoisotopic (exact) mass is 816 g/mol. The Morgan fingerprint density at radius 2 is 1.42 bits per heavy atom. The number of nitrogens with one attached hydrogen (secondary N) is 2. The second-order valence-electron chi connectivity index (χ2n) is 14.1. The van der Waals surface area contributed by atoms with E-state index in [0.29, 0.717) is 11.1 Å². The molecule has 0 saturated carbocycles. The van der Waals surface area contributed by atoms with Crippen LogP contribution in [0.4, 0.5) is 15.3 Å². The van der Waals surface area contributed by atoms with E-state index in [1.807, 2.05) is 0 Å². The summed E-state index contributed by atoms with van der Waals surface area (Å²) in [5.41, 5.74) is 6.13. The highest BCUT2D eigenvalue weighted by Gasteiger charge is 2.36. The number of rotatable bonds is 22. The molecular weight excluding hydrogens is 772 g/mol. The Hall–Kier alpha value is -7.05. The molecule has 2 aromatic carbocycles. The standard InChI is InChI=1S/C40H44N6O13/c1-24(2)31(21-29(47)12-9-28(45-36(51)17-18-37(45)52)22-44-34(49)15-16-35(44)50)38(53)43-32(4-3-19-42-39(41)54)33(48)20-25-5-7-26(8-6-25)23-58-40(55)59-30-13-10-27(11-14-30)46(56)57/h5-8,10-11,13-18,24,28,31-32H,3-4,9,12,19-23H2,1-2H3,(H,43,53)(H3,41,42,54)/t28?,31-,32-/m0/s1. The van der Waals surface area contributed by atoms with Crippen LogP contribution in [0.1, 0.15) is 57.1 Å². The number of amides is 7. The fourth-order valence-corrected chi connectivity index (χ4v) is 6.29. The van der Waals surface area contributed by atoms with Crippen LogP contribution in [0.3, 0.4) is 0 Å². The number of carbonyl (C=O) groups is 9. The molecule has 312 valence electrons. The molecule has 2 heterocycles. The summed E-state index contributed by atoms with van der Waals surface area (Å²) in [6.45, 7) is 3.12. The van der Waals surface area contributed by atoms with E-state index in [4.69, 9.17) is 15.2 Å². The molecule has 0 bridgehead atoms. The van der Waals surface area contributed by atoms with Crippen LogP contribution in [-0.4, -0.2) is 93.2 Å². The van der Waals surface area contributed by atoms with Gasteiger partial charge < -0.3 is 25.8 Å². The van der Waals surface area contributed by atoms with Crippen molar-refractivity contribution in [2.24, 2.45) is 17.6 Å². The zero-order chi connectivity index (χ0) is 43.2. The van der Waals surface area contributed by atoms with E-state index in [2.05, 4.69) is 10.6 Å². The second kappa shape index (κ2) is 20.9. The van der Waals surface area contributed by atoms with Crippen LogP contribution < -0.4 is 21.1 Å². The number of nitro benzene ring substituents is 1. The Bertz CT molecular complexity index is 1990. The summed E-state index contributed by atoms with van der Waals surface area (Å²) in [4.78, 5) is 125. The number of carbonyl (C=O) groups excluding carboxylic acids is 9. The number of nitrogens with two attached hydrogens (primary N) is 1. The second-order valence-corrected chi connectivity index (χ2v) is 14.1. The highest BCUT2D eigenvalue weighted by atomic mass is 16.7. The first-order chi connectivity index (χ1) is 28.0. The minimum absolute atomic E-state index is 0.0510. The van der Waals surface area contributed by atoms with Gasteiger partial charge in [0, 0.05) is 68.2 Å². The van der Waals surface area contributed by atoms with Gasteiger partial charge in [-0.3, -0.25) is 53.5 Å². The van der Waals surface area contributed by atoms with Gasteiger partial charge in [0.05, 0.1) is 23.6 Å². The maximum Gasteiger partial charge on any atom is 0.514 e. The van der Waals surface area contributed by atoms with Gasteiger partial charge >= 0.3 is 12.2 Å². The first-order valence-electron chi connectivity index (χ1n) is 18.7. The maximum absolute atomic E-state index is 13.7. The predicted octanol–water partition coefficient (Wildman–Crippen LogP) is 2.59. The lowest BCUT2D eigenvalue weighted by atomic mass is 9.87. The molecule has 3 atom stereocenters. The molecular formula is C40H44N6O13. The number of non-ortho nitro benzene ring substituents is 1. The van der Waals surface area contributed by atoms with E-state index in [-0.39, 0.29) is 87.1 Å². The van der Waals surface area contributed by atoms with Crippen LogP contribution in [0, 0.1) is 22.0 Å². The highest BCUT2D eigenvalue weighted by molar-refractivity contribution is 6.14. The molecule has 2 aromatic rings. The number of primary amides is 1. The number of nitro groups is 1. The van der Waals surface area contributed by atoms with Crippen molar-refractivity contribution < 1.29 is 57.5 Å². The summed E-state index contributed by atoms with van der Waals surface area (Å²) >= 11 is 0. The zero-order valence-electron chi connectivity index (χ0n) is 32.3. The number of ether oxygens (including phenoxy) is 2. The van der Waals surface area contributed by atoms with Gasteiger partial charge in [0.15, 0.2) is 5.78 Å². The third-order valence-corrected chi connectivity index (χ3v) is 9.53. The molecule has 0 fully saturated rings. The minimum atomic E-state index is -1.04. The number of ketones is 2. The highest BCUT2D eigenvalue weighted by Crippen LogP contribution is 2.23. The summed E-state index contributed by atoms with van der Waals surface area (Å²) in [6.07, 6.45) is 3.01. The molecule has 0 radical (unpaired) electrons. The van der Waals surface area contributed by atoms with Crippen LogP contribution in [0.5, 0.6) is 5.75 Å². The third-order valence-electron chi connectivity index (χ3n) is 9.53. The van der Waals surface area contributed by atoms with Crippen LogP contribution in [0.15, 0.2) is 72.8 Å². The number of urea groups is 1. The van der Waals surface area contributed by atoms with Crippen LogP contribution in [-0.2, 0) is 51.3 Å². The van der Waals surface area contributed by atoms with Gasteiger partial charge in [-0.25, -0.2) is 9.59 Å². The van der Waals surface area contributed by atoms with Gasteiger partial charge in [0.25, 0.3) is 29.3 Å². The van der Waals surface area contributed by atoms with Crippen LogP contribution in [0.2, 0.25) is 0 Å². The Balaban J connectivity index is 1.35. The fraction of sp³-hybridized carbons (Fsp3) is 0.375. The summed E-state index contributed by atoms with van der Waals surface area (Å²) in [6, 6.07) is 8.63. The average molecular weight is 817 g/mol. The summed E-state index contributed by atoms with van der Waals surface area (Å²) in [7, 11) is 0. The van der Waals surface area contributed by atoms with Crippen molar-refractivity contribution in [3.63, 3.8) is 0 Å².